The summed E-state index contributed by atoms with van der Waals surface area (Å²) in [6.07, 6.45) is 0. The molecule has 0 bridgehead atoms. The van der Waals surface area contributed by atoms with Crippen molar-refractivity contribution in [1.29, 1.82) is 0 Å². The fraction of sp³-hybridized carbons (Fsp3) is 0.476. The lowest BCUT2D eigenvalue weighted by atomic mass is 9.87. The monoisotopic (exact) mass is 413 g/mol. The topological polar surface area (TPSA) is 99.9 Å². The molecule has 2 heterocycles. The Bertz CT molecular complexity index is 937. The first-order chi connectivity index (χ1) is 14.2. The molecular weight excluding hydrogens is 386 g/mol. The lowest BCUT2D eigenvalue weighted by molar-refractivity contribution is -0.133. The van der Waals surface area contributed by atoms with Crippen molar-refractivity contribution >= 4 is 17.7 Å². The van der Waals surface area contributed by atoms with E-state index >= 15 is 0 Å². The zero-order valence-electron chi connectivity index (χ0n) is 18.0. The Morgan fingerprint density at radius 1 is 1.10 bits per heavy atom. The van der Waals surface area contributed by atoms with Gasteiger partial charge in [0.1, 0.15) is 5.69 Å². The van der Waals surface area contributed by atoms with Crippen LogP contribution in [0.3, 0.4) is 0 Å². The molecule has 1 aromatic heterocycles. The number of aromatic nitrogens is 2. The van der Waals surface area contributed by atoms with Crippen molar-refractivity contribution in [3.05, 3.63) is 46.8 Å². The second-order valence-electron chi connectivity index (χ2n) is 7.97. The van der Waals surface area contributed by atoms with Gasteiger partial charge < -0.3 is 14.7 Å². The molecule has 0 unspecified atom stereocenters. The summed E-state index contributed by atoms with van der Waals surface area (Å²) < 4.78 is 4.60. The van der Waals surface area contributed by atoms with E-state index in [1.165, 1.54) is 6.92 Å². The summed E-state index contributed by atoms with van der Waals surface area (Å²) in [4.78, 5) is 41.8. The van der Waals surface area contributed by atoms with Gasteiger partial charge in [-0.3, -0.25) is 14.4 Å². The lowest BCUT2D eigenvalue weighted by Gasteiger charge is -2.22. The molecule has 3 amide bonds. The predicted octanol–water partition coefficient (Wildman–Crippen LogP) is 1.30. The number of carbonyl (C=O) groups excluding carboxylic acids is 3. The number of benzene rings is 1. The zero-order chi connectivity index (χ0) is 22.0. The molecule has 0 aliphatic carbocycles. The van der Waals surface area contributed by atoms with Crippen molar-refractivity contribution in [3.63, 3.8) is 0 Å². The van der Waals surface area contributed by atoms with Crippen molar-refractivity contribution in [2.24, 2.45) is 5.92 Å². The predicted molar refractivity (Wildman–Crippen MR) is 108 cm³/mol. The number of likely N-dealkylation sites (tertiary alicyclic amines) is 1. The average molecular weight is 413 g/mol. The minimum Gasteiger partial charge on any atom is -0.349 e. The van der Waals surface area contributed by atoms with Crippen LogP contribution >= 0.6 is 0 Å². The Balaban J connectivity index is 1.73. The minimum absolute atomic E-state index is 0.0229. The first kappa shape index (κ1) is 21.5. The van der Waals surface area contributed by atoms with Crippen molar-refractivity contribution in [1.82, 2.24) is 25.0 Å². The minimum atomic E-state index is -0.262. The maximum atomic E-state index is 12.6. The van der Waals surface area contributed by atoms with Gasteiger partial charge in [-0.1, -0.05) is 29.4 Å². The highest BCUT2D eigenvalue weighted by molar-refractivity contribution is 5.92. The summed E-state index contributed by atoms with van der Waals surface area (Å²) in [6.45, 7) is 4.55. The highest BCUT2D eigenvalue weighted by Gasteiger charge is 2.40. The van der Waals surface area contributed by atoms with Gasteiger partial charge in [-0.05, 0) is 23.2 Å². The molecular formula is C21H27N5O4. The van der Waals surface area contributed by atoms with Crippen LogP contribution in [-0.4, -0.2) is 77.0 Å². The van der Waals surface area contributed by atoms with Gasteiger partial charge in [0.15, 0.2) is 5.69 Å². The fourth-order valence-corrected chi connectivity index (χ4v) is 3.80. The third-order valence-electron chi connectivity index (χ3n) is 5.55. The van der Waals surface area contributed by atoms with Crippen LogP contribution < -0.4 is 0 Å². The van der Waals surface area contributed by atoms with Gasteiger partial charge in [0.05, 0.1) is 5.92 Å². The number of rotatable bonds is 5. The summed E-state index contributed by atoms with van der Waals surface area (Å²) in [5.41, 5.74) is 2.61. The third kappa shape index (κ3) is 4.34. The molecule has 0 N–H and O–H groups in total. The first-order valence-electron chi connectivity index (χ1n) is 9.79. The van der Waals surface area contributed by atoms with Gasteiger partial charge in [0, 0.05) is 53.6 Å². The molecule has 1 aromatic carbocycles. The van der Waals surface area contributed by atoms with Crippen LogP contribution in [0.25, 0.3) is 0 Å². The molecule has 3 rings (SSSR count). The molecule has 9 heteroatoms. The van der Waals surface area contributed by atoms with E-state index in [9.17, 15) is 14.4 Å². The van der Waals surface area contributed by atoms with E-state index < -0.39 is 0 Å². The van der Waals surface area contributed by atoms with Crippen molar-refractivity contribution in [2.75, 3.05) is 34.2 Å². The smallest absolute Gasteiger partial charge is 0.278 e. The number of amides is 3. The largest absolute Gasteiger partial charge is 0.349 e. The van der Waals surface area contributed by atoms with Crippen molar-refractivity contribution < 1.29 is 19.0 Å². The van der Waals surface area contributed by atoms with E-state index in [4.69, 9.17) is 0 Å². The van der Waals surface area contributed by atoms with E-state index in [0.29, 0.717) is 25.3 Å². The van der Waals surface area contributed by atoms with Crippen LogP contribution in [0.5, 0.6) is 0 Å². The standard InChI is InChI=1S/C21H27N5O4/c1-13-19(23-30-22-13)21(29)25(5)10-15-6-8-16(9-7-15)17-11-26(14(2)27)12-18(17)20(28)24(3)4/h6-9,17-18H,10-12H2,1-5H3/t17-,18+/m1/s1. The van der Waals surface area contributed by atoms with Gasteiger partial charge in [-0.2, -0.15) is 0 Å². The van der Waals surface area contributed by atoms with E-state index in [1.54, 1.807) is 42.8 Å². The van der Waals surface area contributed by atoms with Gasteiger partial charge in [-0.15, -0.1) is 0 Å². The fourth-order valence-electron chi connectivity index (χ4n) is 3.80. The van der Waals surface area contributed by atoms with Crippen LogP contribution in [0.4, 0.5) is 0 Å². The Hall–Kier alpha value is -3.23. The van der Waals surface area contributed by atoms with Crippen LogP contribution in [0.1, 0.15) is 40.2 Å². The quantitative estimate of drug-likeness (QED) is 0.733. The number of aryl methyl sites for hydroxylation is 1. The molecule has 0 radical (unpaired) electrons. The van der Waals surface area contributed by atoms with Crippen molar-refractivity contribution in [2.45, 2.75) is 26.3 Å². The van der Waals surface area contributed by atoms with Crippen LogP contribution in [0, 0.1) is 12.8 Å². The Labute approximate surface area is 175 Å². The van der Waals surface area contributed by atoms with Gasteiger partial charge >= 0.3 is 0 Å². The summed E-state index contributed by atoms with van der Waals surface area (Å²) >= 11 is 0. The zero-order valence-corrected chi connectivity index (χ0v) is 18.0. The van der Waals surface area contributed by atoms with Crippen molar-refractivity contribution in [3.8, 4) is 0 Å². The second kappa shape index (κ2) is 8.64. The summed E-state index contributed by atoms with van der Waals surface area (Å²) in [5.74, 6) is -0.580. The molecule has 160 valence electrons. The lowest BCUT2D eigenvalue weighted by Crippen LogP contribution is -2.34. The molecule has 0 spiro atoms. The molecule has 9 nitrogen and oxygen atoms in total. The third-order valence-corrected chi connectivity index (χ3v) is 5.55. The Morgan fingerprint density at radius 3 is 2.30 bits per heavy atom. The molecule has 1 aliphatic rings. The van der Waals surface area contributed by atoms with Crippen LogP contribution in [-0.2, 0) is 16.1 Å². The molecule has 2 aromatic rings. The molecule has 1 aliphatic heterocycles. The maximum Gasteiger partial charge on any atom is 0.278 e. The van der Waals surface area contributed by atoms with E-state index in [2.05, 4.69) is 14.9 Å². The molecule has 1 fully saturated rings. The molecule has 0 saturated carbocycles. The number of nitrogens with zero attached hydrogens (tertiary/aromatic N) is 5. The Kier molecular flexibility index (Phi) is 6.19. The SMILES string of the molecule is CC(=O)N1C[C@H](C(=O)N(C)C)[C@@H](c2ccc(CN(C)C(=O)c3nonc3C)cc2)C1. The molecule has 30 heavy (non-hydrogen) atoms. The normalized spacial score (nSPS) is 18.4. The molecule has 2 atom stereocenters. The summed E-state index contributed by atoms with van der Waals surface area (Å²) in [5, 5.41) is 7.30. The second-order valence-corrected chi connectivity index (χ2v) is 7.97. The maximum absolute atomic E-state index is 12.6. The van der Waals surface area contributed by atoms with Gasteiger partial charge in [-0.25, -0.2) is 4.63 Å². The van der Waals surface area contributed by atoms with E-state index in [1.807, 2.05) is 24.3 Å². The first-order valence-corrected chi connectivity index (χ1v) is 9.79. The van der Waals surface area contributed by atoms with Crippen LogP contribution in [0.15, 0.2) is 28.9 Å². The summed E-state index contributed by atoms with van der Waals surface area (Å²) in [6, 6.07) is 7.84. The summed E-state index contributed by atoms with van der Waals surface area (Å²) in [7, 11) is 5.16. The van der Waals surface area contributed by atoms with E-state index in [0.717, 1.165) is 11.1 Å². The highest BCUT2D eigenvalue weighted by Crippen LogP contribution is 2.34. The Morgan fingerprint density at radius 2 is 1.77 bits per heavy atom. The average Bonchev–Trinajstić information content (AvgIpc) is 3.34. The number of carbonyl (C=O) groups is 3. The van der Waals surface area contributed by atoms with Gasteiger partial charge in [0.2, 0.25) is 11.8 Å². The van der Waals surface area contributed by atoms with Crippen LogP contribution in [0.2, 0.25) is 0 Å². The molecule has 1 saturated heterocycles. The number of hydrogen-bond acceptors (Lipinski definition) is 6. The van der Waals surface area contributed by atoms with E-state index in [-0.39, 0.29) is 35.3 Å². The van der Waals surface area contributed by atoms with Gasteiger partial charge in [0.25, 0.3) is 5.91 Å². The number of hydrogen-bond donors (Lipinski definition) is 0. The highest BCUT2D eigenvalue weighted by atomic mass is 16.6.